The summed E-state index contributed by atoms with van der Waals surface area (Å²) in [5.41, 5.74) is 5.90. The first-order valence-corrected chi connectivity index (χ1v) is 6.16. The average molecular weight is 259 g/mol. The Labute approximate surface area is 104 Å². The second-order valence-electron chi connectivity index (χ2n) is 3.47. The molecule has 6 nitrogen and oxygen atoms in total. The summed E-state index contributed by atoms with van der Waals surface area (Å²) in [6.07, 6.45) is 2.64. The number of rotatable bonds is 7. The van der Waals surface area contributed by atoms with Gasteiger partial charge in [0, 0.05) is 13.2 Å². The molecular formula is C10H17N3O3S. The Bertz CT molecular complexity index is 368. The van der Waals surface area contributed by atoms with Crippen LogP contribution in [0.5, 0.6) is 0 Å². The van der Waals surface area contributed by atoms with Crippen molar-refractivity contribution < 1.29 is 14.6 Å². The van der Waals surface area contributed by atoms with Crippen LogP contribution in [0.3, 0.4) is 0 Å². The van der Waals surface area contributed by atoms with E-state index in [1.54, 1.807) is 0 Å². The fourth-order valence-corrected chi connectivity index (χ4v) is 2.06. The number of esters is 1. The van der Waals surface area contributed by atoms with Gasteiger partial charge in [0.2, 0.25) is 0 Å². The summed E-state index contributed by atoms with van der Waals surface area (Å²) in [5.74, 6) is -0.284. The predicted molar refractivity (Wildman–Crippen MR) is 67.3 cm³/mol. The van der Waals surface area contributed by atoms with E-state index in [-0.39, 0.29) is 12.4 Å². The molecule has 0 aromatic carbocycles. The maximum atomic E-state index is 11.4. The highest BCUT2D eigenvalue weighted by Crippen LogP contribution is 2.27. The number of hydrogen-bond acceptors (Lipinski definition) is 7. The minimum atomic E-state index is -0.478. The molecule has 0 aliphatic heterocycles. The molecule has 0 aliphatic rings. The van der Waals surface area contributed by atoms with Gasteiger partial charge in [0.15, 0.2) is 5.82 Å². The first-order valence-electron chi connectivity index (χ1n) is 5.39. The van der Waals surface area contributed by atoms with E-state index in [4.69, 9.17) is 10.8 Å². The molecule has 4 N–H and O–H groups in total. The third-order valence-corrected chi connectivity index (χ3v) is 3.05. The molecule has 1 rings (SSSR count). The molecule has 0 bridgehead atoms. The zero-order valence-corrected chi connectivity index (χ0v) is 10.5. The van der Waals surface area contributed by atoms with Gasteiger partial charge < -0.3 is 20.9 Å². The number of carbonyl (C=O) groups excluding carboxylic acids is 1. The van der Waals surface area contributed by atoms with Gasteiger partial charge in [-0.1, -0.05) is 0 Å². The standard InChI is InChI=1S/C10H17N3O3S/c1-16-10(15)7-8(11)13-17-9(7)12-5-3-2-4-6-14/h12,14H,2-6H2,1H3,(H2,11,13). The first-order chi connectivity index (χ1) is 8.20. The van der Waals surface area contributed by atoms with Gasteiger partial charge >= 0.3 is 5.97 Å². The lowest BCUT2D eigenvalue weighted by Gasteiger charge is -2.05. The number of anilines is 2. The van der Waals surface area contributed by atoms with E-state index in [0.29, 0.717) is 17.1 Å². The van der Waals surface area contributed by atoms with Crippen LogP contribution < -0.4 is 11.1 Å². The summed E-state index contributed by atoms with van der Waals surface area (Å²) in [6, 6.07) is 0. The Balaban J connectivity index is 2.50. The second-order valence-corrected chi connectivity index (χ2v) is 4.25. The summed E-state index contributed by atoms with van der Waals surface area (Å²) in [6.45, 7) is 0.923. The number of methoxy groups -OCH3 is 1. The fraction of sp³-hybridized carbons (Fsp3) is 0.600. The van der Waals surface area contributed by atoms with Crippen LogP contribution in [0, 0.1) is 0 Å². The molecule has 1 aromatic rings. The molecule has 1 aromatic heterocycles. The van der Waals surface area contributed by atoms with Gasteiger partial charge in [0.1, 0.15) is 10.6 Å². The minimum Gasteiger partial charge on any atom is -0.465 e. The van der Waals surface area contributed by atoms with Crippen molar-refractivity contribution in [3.8, 4) is 0 Å². The molecule has 0 unspecified atom stereocenters. The monoisotopic (exact) mass is 259 g/mol. The van der Waals surface area contributed by atoms with E-state index in [9.17, 15) is 4.79 Å². The minimum absolute atomic E-state index is 0.194. The number of aromatic nitrogens is 1. The van der Waals surface area contributed by atoms with Crippen LogP contribution in [-0.4, -0.2) is 35.7 Å². The Morgan fingerprint density at radius 1 is 1.53 bits per heavy atom. The SMILES string of the molecule is COC(=O)c1c(N)nsc1NCCCCCO. The molecule has 0 radical (unpaired) electrons. The summed E-state index contributed by atoms with van der Waals surface area (Å²) < 4.78 is 8.55. The van der Waals surface area contributed by atoms with Crippen LogP contribution in [0.4, 0.5) is 10.8 Å². The number of nitrogens with two attached hydrogens (primary N) is 1. The Kier molecular flexibility index (Phi) is 5.71. The molecule has 0 aliphatic carbocycles. The van der Waals surface area contributed by atoms with Crippen molar-refractivity contribution in [2.75, 3.05) is 31.3 Å². The van der Waals surface area contributed by atoms with Gasteiger partial charge in [-0.3, -0.25) is 0 Å². The first kappa shape index (κ1) is 13.7. The summed E-state index contributed by atoms with van der Waals surface area (Å²) in [5, 5.41) is 12.4. The molecule has 0 saturated carbocycles. The Morgan fingerprint density at radius 3 is 2.94 bits per heavy atom. The van der Waals surface area contributed by atoms with E-state index in [1.165, 1.54) is 7.11 Å². The lowest BCUT2D eigenvalue weighted by Crippen LogP contribution is -2.09. The number of nitrogens with zero attached hydrogens (tertiary/aromatic N) is 1. The highest BCUT2D eigenvalue weighted by atomic mass is 32.1. The molecule has 0 spiro atoms. The van der Waals surface area contributed by atoms with Crippen LogP contribution in [-0.2, 0) is 4.74 Å². The lowest BCUT2D eigenvalue weighted by atomic mass is 10.2. The highest BCUT2D eigenvalue weighted by molar-refractivity contribution is 7.11. The maximum Gasteiger partial charge on any atom is 0.344 e. The molecule has 7 heteroatoms. The second kappa shape index (κ2) is 7.08. The number of aliphatic hydroxyl groups excluding tert-OH is 1. The molecular weight excluding hydrogens is 242 g/mol. The average Bonchev–Trinajstić information content (AvgIpc) is 2.69. The zero-order valence-electron chi connectivity index (χ0n) is 9.73. The smallest absolute Gasteiger partial charge is 0.344 e. The van der Waals surface area contributed by atoms with Gasteiger partial charge in [-0.15, -0.1) is 0 Å². The lowest BCUT2D eigenvalue weighted by molar-refractivity contribution is 0.0603. The highest BCUT2D eigenvalue weighted by Gasteiger charge is 2.19. The molecule has 0 fully saturated rings. The Morgan fingerprint density at radius 2 is 2.29 bits per heavy atom. The normalized spacial score (nSPS) is 10.2. The summed E-state index contributed by atoms with van der Waals surface area (Å²) in [4.78, 5) is 11.4. The largest absolute Gasteiger partial charge is 0.465 e. The quantitative estimate of drug-likeness (QED) is 0.501. The summed E-state index contributed by atoms with van der Waals surface area (Å²) in [7, 11) is 1.31. The van der Waals surface area contributed by atoms with E-state index in [0.717, 1.165) is 30.8 Å². The number of carbonyl (C=O) groups is 1. The Hall–Kier alpha value is -1.34. The van der Waals surface area contributed by atoms with Gasteiger partial charge in [-0.2, -0.15) is 4.37 Å². The fourth-order valence-electron chi connectivity index (χ4n) is 1.34. The van der Waals surface area contributed by atoms with Crippen molar-refractivity contribution in [1.82, 2.24) is 4.37 Å². The van der Waals surface area contributed by atoms with E-state index < -0.39 is 5.97 Å². The number of ether oxygens (including phenoxy) is 1. The van der Waals surface area contributed by atoms with Crippen molar-refractivity contribution in [3.05, 3.63) is 5.56 Å². The van der Waals surface area contributed by atoms with Gasteiger partial charge in [0.05, 0.1) is 7.11 Å². The molecule has 17 heavy (non-hydrogen) atoms. The van der Waals surface area contributed by atoms with Crippen LogP contribution in [0.25, 0.3) is 0 Å². The predicted octanol–water partition coefficient (Wildman–Crippen LogP) is 1.09. The van der Waals surface area contributed by atoms with Crippen molar-refractivity contribution in [3.63, 3.8) is 0 Å². The third-order valence-electron chi connectivity index (χ3n) is 2.23. The van der Waals surface area contributed by atoms with Crippen molar-refractivity contribution in [2.24, 2.45) is 0 Å². The zero-order chi connectivity index (χ0) is 12.7. The summed E-state index contributed by atoms with van der Waals surface area (Å²) >= 11 is 1.15. The van der Waals surface area contributed by atoms with Crippen LogP contribution in [0.15, 0.2) is 0 Å². The number of unbranched alkanes of at least 4 members (excludes halogenated alkanes) is 2. The molecule has 0 amide bonds. The van der Waals surface area contributed by atoms with Gasteiger partial charge in [-0.25, -0.2) is 4.79 Å². The maximum absolute atomic E-state index is 11.4. The van der Waals surface area contributed by atoms with Crippen LogP contribution in [0.2, 0.25) is 0 Å². The molecule has 96 valence electrons. The van der Waals surface area contributed by atoms with Crippen LogP contribution >= 0.6 is 11.5 Å². The van der Waals surface area contributed by atoms with Gasteiger partial charge in [-0.05, 0) is 30.8 Å². The number of hydrogen-bond donors (Lipinski definition) is 3. The number of nitrogens with one attached hydrogen (secondary N) is 1. The number of aliphatic hydroxyl groups is 1. The van der Waals surface area contributed by atoms with Crippen molar-refractivity contribution >= 4 is 28.3 Å². The van der Waals surface area contributed by atoms with E-state index in [2.05, 4.69) is 14.4 Å². The molecule has 1 heterocycles. The van der Waals surface area contributed by atoms with Gasteiger partial charge in [0.25, 0.3) is 0 Å². The molecule has 0 atom stereocenters. The van der Waals surface area contributed by atoms with Crippen molar-refractivity contribution in [2.45, 2.75) is 19.3 Å². The van der Waals surface area contributed by atoms with E-state index in [1.807, 2.05) is 0 Å². The van der Waals surface area contributed by atoms with Crippen molar-refractivity contribution in [1.29, 1.82) is 0 Å². The topological polar surface area (TPSA) is 97.5 Å². The molecule has 0 saturated heterocycles. The van der Waals surface area contributed by atoms with E-state index >= 15 is 0 Å². The van der Waals surface area contributed by atoms with Crippen LogP contribution in [0.1, 0.15) is 29.6 Å². The third kappa shape index (κ3) is 3.86. The number of nitrogen functional groups attached to an aromatic ring is 1.